The SMILES string of the molecule is O=C(CCCOc1ccc(Br)cc1[N+](=O)[O-])c1cccs1. The summed E-state index contributed by atoms with van der Waals surface area (Å²) in [6.07, 6.45) is 0.884. The van der Waals surface area contributed by atoms with Gasteiger partial charge in [-0.05, 0) is 30.0 Å². The molecule has 0 radical (unpaired) electrons. The molecule has 0 amide bonds. The Morgan fingerprint density at radius 3 is 2.86 bits per heavy atom. The second kappa shape index (κ2) is 7.33. The third-order valence-electron chi connectivity index (χ3n) is 2.72. The smallest absolute Gasteiger partial charge is 0.312 e. The Morgan fingerprint density at radius 2 is 2.19 bits per heavy atom. The third kappa shape index (κ3) is 4.37. The molecule has 0 fully saturated rings. The zero-order valence-electron chi connectivity index (χ0n) is 11.0. The van der Waals surface area contributed by atoms with Crippen molar-refractivity contribution in [2.45, 2.75) is 12.8 Å². The molecular formula is C14H12BrNO4S. The lowest BCUT2D eigenvalue weighted by Crippen LogP contribution is -2.04. The van der Waals surface area contributed by atoms with Crippen LogP contribution in [0, 0.1) is 10.1 Å². The minimum absolute atomic E-state index is 0.0684. The fourth-order valence-corrected chi connectivity index (χ4v) is 2.77. The van der Waals surface area contributed by atoms with E-state index in [0.717, 1.165) is 4.88 Å². The van der Waals surface area contributed by atoms with E-state index >= 15 is 0 Å². The first-order valence-corrected chi connectivity index (χ1v) is 7.88. The highest BCUT2D eigenvalue weighted by Crippen LogP contribution is 2.30. The lowest BCUT2D eigenvalue weighted by Gasteiger charge is -2.06. The van der Waals surface area contributed by atoms with Gasteiger partial charge in [0, 0.05) is 17.0 Å². The highest BCUT2D eigenvalue weighted by atomic mass is 79.9. The van der Waals surface area contributed by atoms with Crippen molar-refractivity contribution in [2.24, 2.45) is 0 Å². The molecule has 0 aliphatic carbocycles. The van der Waals surface area contributed by atoms with E-state index in [1.165, 1.54) is 17.4 Å². The van der Waals surface area contributed by atoms with Gasteiger partial charge in [-0.2, -0.15) is 0 Å². The number of nitro benzene ring substituents is 1. The first-order valence-electron chi connectivity index (χ1n) is 6.21. The molecule has 1 aromatic heterocycles. The van der Waals surface area contributed by atoms with E-state index in [9.17, 15) is 14.9 Å². The Morgan fingerprint density at radius 1 is 1.38 bits per heavy atom. The summed E-state index contributed by atoms with van der Waals surface area (Å²) in [6, 6.07) is 8.24. The van der Waals surface area contributed by atoms with E-state index in [1.807, 2.05) is 11.4 Å². The minimum Gasteiger partial charge on any atom is -0.487 e. The van der Waals surface area contributed by atoms with Crippen molar-refractivity contribution in [3.63, 3.8) is 0 Å². The molecule has 0 aliphatic rings. The van der Waals surface area contributed by atoms with Crippen LogP contribution in [0.4, 0.5) is 5.69 Å². The summed E-state index contributed by atoms with van der Waals surface area (Å²) in [7, 11) is 0. The van der Waals surface area contributed by atoms with Crippen LogP contribution in [0.2, 0.25) is 0 Å². The predicted molar refractivity (Wildman–Crippen MR) is 84.2 cm³/mol. The zero-order chi connectivity index (χ0) is 15.2. The molecule has 0 saturated heterocycles. The predicted octanol–water partition coefficient (Wildman–Crippen LogP) is 4.46. The standard InChI is InChI=1S/C14H12BrNO4S/c15-10-5-6-13(11(9-10)16(18)19)20-7-1-3-12(17)14-4-2-8-21-14/h2,4-6,8-9H,1,3,7H2. The van der Waals surface area contributed by atoms with Gasteiger partial charge in [-0.3, -0.25) is 14.9 Å². The van der Waals surface area contributed by atoms with Crippen molar-refractivity contribution in [3.8, 4) is 5.75 Å². The number of Topliss-reactive ketones (excluding diaryl/α,β-unsaturated/α-hetero) is 1. The van der Waals surface area contributed by atoms with Gasteiger partial charge in [0.25, 0.3) is 0 Å². The average molecular weight is 370 g/mol. The summed E-state index contributed by atoms with van der Waals surface area (Å²) >= 11 is 4.59. The van der Waals surface area contributed by atoms with Gasteiger partial charge in [-0.25, -0.2) is 0 Å². The quantitative estimate of drug-likeness (QED) is 0.312. The molecule has 2 rings (SSSR count). The van der Waals surface area contributed by atoms with Crippen molar-refractivity contribution in [2.75, 3.05) is 6.61 Å². The summed E-state index contributed by atoms with van der Waals surface area (Å²) in [5.41, 5.74) is -0.0889. The number of ketones is 1. The van der Waals surface area contributed by atoms with Crippen molar-refractivity contribution in [1.29, 1.82) is 0 Å². The molecule has 1 aromatic carbocycles. The summed E-state index contributed by atoms with van der Waals surface area (Å²) in [6.45, 7) is 0.263. The number of rotatable bonds is 7. The number of thiophene rings is 1. The van der Waals surface area contributed by atoms with Gasteiger partial charge in [-0.15, -0.1) is 11.3 Å². The maximum Gasteiger partial charge on any atom is 0.312 e. The number of nitro groups is 1. The molecule has 0 saturated carbocycles. The highest BCUT2D eigenvalue weighted by molar-refractivity contribution is 9.10. The topological polar surface area (TPSA) is 69.4 Å². The number of nitrogens with zero attached hydrogens (tertiary/aromatic N) is 1. The number of benzene rings is 1. The van der Waals surface area contributed by atoms with Gasteiger partial charge in [0.15, 0.2) is 11.5 Å². The summed E-state index contributed by atoms with van der Waals surface area (Å²) in [5, 5.41) is 12.8. The van der Waals surface area contributed by atoms with Crippen LogP contribution in [0.25, 0.3) is 0 Å². The van der Waals surface area contributed by atoms with E-state index in [2.05, 4.69) is 15.9 Å². The molecule has 0 unspecified atom stereocenters. The largest absolute Gasteiger partial charge is 0.487 e. The monoisotopic (exact) mass is 369 g/mol. The van der Waals surface area contributed by atoms with Crippen LogP contribution in [0.15, 0.2) is 40.2 Å². The lowest BCUT2D eigenvalue weighted by atomic mass is 10.2. The summed E-state index contributed by atoms with van der Waals surface area (Å²) in [5.74, 6) is 0.283. The van der Waals surface area contributed by atoms with Gasteiger partial charge >= 0.3 is 5.69 Å². The zero-order valence-corrected chi connectivity index (χ0v) is 13.4. The lowest BCUT2D eigenvalue weighted by molar-refractivity contribution is -0.385. The van der Waals surface area contributed by atoms with E-state index in [-0.39, 0.29) is 23.8 Å². The normalized spacial score (nSPS) is 10.3. The van der Waals surface area contributed by atoms with Crippen LogP contribution in [-0.4, -0.2) is 17.3 Å². The van der Waals surface area contributed by atoms with Gasteiger partial charge in [0.1, 0.15) is 0 Å². The van der Waals surface area contributed by atoms with Gasteiger partial charge in [-0.1, -0.05) is 22.0 Å². The van der Waals surface area contributed by atoms with Gasteiger partial charge in [0.2, 0.25) is 0 Å². The van der Waals surface area contributed by atoms with Crippen LogP contribution < -0.4 is 4.74 Å². The fourth-order valence-electron chi connectivity index (χ4n) is 1.73. The molecular weight excluding hydrogens is 358 g/mol. The maximum atomic E-state index is 11.8. The second-order valence-corrected chi connectivity index (χ2v) is 6.09. The Kier molecular flexibility index (Phi) is 5.46. The molecule has 0 atom stereocenters. The van der Waals surface area contributed by atoms with E-state index in [4.69, 9.17) is 4.74 Å². The first-order chi connectivity index (χ1) is 10.1. The average Bonchev–Trinajstić information content (AvgIpc) is 2.98. The number of carbonyl (C=O) groups excluding carboxylic acids is 1. The van der Waals surface area contributed by atoms with E-state index < -0.39 is 4.92 Å². The van der Waals surface area contributed by atoms with Gasteiger partial charge in [0.05, 0.1) is 16.4 Å². The van der Waals surface area contributed by atoms with Gasteiger partial charge < -0.3 is 4.74 Å². The Hall–Kier alpha value is -1.73. The number of hydrogen-bond donors (Lipinski definition) is 0. The number of carbonyl (C=O) groups is 1. The number of hydrogen-bond acceptors (Lipinski definition) is 5. The van der Waals surface area contributed by atoms with Crippen LogP contribution in [0.3, 0.4) is 0 Å². The summed E-state index contributed by atoms with van der Waals surface area (Å²) < 4.78 is 6.03. The summed E-state index contributed by atoms with van der Waals surface area (Å²) in [4.78, 5) is 22.9. The fraction of sp³-hybridized carbons (Fsp3) is 0.214. The third-order valence-corrected chi connectivity index (χ3v) is 4.12. The molecule has 21 heavy (non-hydrogen) atoms. The molecule has 0 aliphatic heterocycles. The van der Waals surface area contributed by atoms with E-state index in [0.29, 0.717) is 17.3 Å². The molecule has 2 aromatic rings. The molecule has 0 bridgehead atoms. The Balaban J connectivity index is 1.86. The molecule has 7 heteroatoms. The van der Waals surface area contributed by atoms with Crippen molar-refractivity contribution >= 4 is 38.7 Å². The number of halogens is 1. The number of ether oxygens (including phenoxy) is 1. The second-order valence-electron chi connectivity index (χ2n) is 4.22. The molecule has 0 spiro atoms. The highest BCUT2D eigenvalue weighted by Gasteiger charge is 2.15. The Labute approximate surface area is 133 Å². The molecule has 0 N–H and O–H groups in total. The Bertz CT molecular complexity index is 642. The maximum absolute atomic E-state index is 11.8. The molecule has 5 nitrogen and oxygen atoms in total. The minimum atomic E-state index is -0.489. The van der Waals surface area contributed by atoms with Crippen molar-refractivity contribution < 1.29 is 14.5 Å². The van der Waals surface area contributed by atoms with Crippen LogP contribution in [0.5, 0.6) is 5.75 Å². The first kappa shape index (κ1) is 15.7. The van der Waals surface area contributed by atoms with Crippen LogP contribution in [-0.2, 0) is 0 Å². The van der Waals surface area contributed by atoms with Crippen molar-refractivity contribution in [3.05, 3.63) is 55.2 Å². The van der Waals surface area contributed by atoms with Crippen LogP contribution in [0.1, 0.15) is 22.5 Å². The molecule has 110 valence electrons. The van der Waals surface area contributed by atoms with Crippen LogP contribution >= 0.6 is 27.3 Å². The molecule has 1 heterocycles. The van der Waals surface area contributed by atoms with E-state index in [1.54, 1.807) is 18.2 Å². The van der Waals surface area contributed by atoms with Crippen molar-refractivity contribution in [1.82, 2.24) is 0 Å².